The van der Waals surface area contributed by atoms with E-state index < -0.39 is 0 Å². The molecule has 0 saturated heterocycles. The van der Waals surface area contributed by atoms with E-state index in [0.29, 0.717) is 16.4 Å². The van der Waals surface area contributed by atoms with E-state index >= 15 is 0 Å². The van der Waals surface area contributed by atoms with Crippen molar-refractivity contribution in [2.45, 2.75) is 0 Å². The van der Waals surface area contributed by atoms with Crippen molar-refractivity contribution in [1.29, 1.82) is 5.26 Å². The van der Waals surface area contributed by atoms with Gasteiger partial charge in [0.2, 0.25) is 0 Å². The third kappa shape index (κ3) is 3.06. The van der Waals surface area contributed by atoms with Crippen LogP contribution in [0.25, 0.3) is 0 Å². The maximum Gasteiger partial charge on any atom is 0.146 e. The van der Waals surface area contributed by atoms with Gasteiger partial charge in [0.15, 0.2) is 0 Å². The predicted molar refractivity (Wildman–Crippen MR) is 71.6 cm³/mol. The molecule has 1 aromatic heterocycles. The summed E-state index contributed by atoms with van der Waals surface area (Å²) in [6, 6.07) is 12.7. The summed E-state index contributed by atoms with van der Waals surface area (Å²) in [5, 5.41) is 13.3. The van der Waals surface area contributed by atoms with Crippen LogP contribution in [0.1, 0.15) is 11.1 Å². The summed E-state index contributed by atoms with van der Waals surface area (Å²) in [6.45, 7) is 0. The number of hydrazone groups is 1. The molecule has 0 atom stereocenters. The molecule has 5 heteroatoms. The summed E-state index contributed by atoms with van der Waals surface area (Å²) in [7, 11) is 0. The number of aromatic nitrogens is 1. The zero-order valence-corrected chi connectivity index (χ0v) is 10.1. The highest BCUT2D eigenvalue weighted by Crippen LogP contribution is 2.12. The molecular weight excluding hydrogens is 248 g/mol. The van der Waals surface area contributed by atoms with E-state index in [1.165, 1.54) is 6.20 Å². The molecule has 2 rings (SSSR count). The second-order valence-corrected chi connectivity index (χ2v) is 3.84. The smallest absolute Gasteiger partial charge is 0.146 e. The highest BCUT2D eigenvalue weighted by Gasteiger charge is 1.95. The molecule has 2 aromatic rings. The summed E-state index contributed by atoms with van der Waals surface area (Å²) >= 11 is 5.97. The van der Waals surface area contributed by atoms with Crippen molar-refractivity contribution in [3.05, 3.63) is 58.7 Å². The molecule has 0 aliphatic carbocycles. The van der Waals surface area contributed by atoms with Crippen LogP contribution in [-0.2, 0) is 0 Å². The Bertz CT molecular complexity index is 599. The molecule has 0 amide bonds. The lowest BCUT2D eigenvalue weighted by Gasteiger charge is -1.99. The summed E-state index contributed by atoms with van der Waals surface area (Å²) in [5.74, 6) is 0.567. The fourth-order valence-corrected chi connectivity index (χ4v) is 1.46. The van der Waals surface area contributed by atoms with Crippen LogP contribution >= 0.6 is 11.6 Å². The zero-order valence-electron chi connectivity index (χ0n) is 9.34. The van der Waals surface area contributed by atoms with Crippen molar-refractivity contribution in [2.24, 2.45) is 5.10 Å². The molecule has 1 aromatic carbocycles. The Hall–Kier alpha value is -2.38. The lowest BCUT2D eigenvalue weighted by molar-refractivity contribution is 1.22. The third-order valence-electron chi connectivity index (χ3n) is 2.18. The Morgan fingerprint density at radius 1 is 1.28 bits per heavy atom. The molecule has 0 radical (unpaired) electrons. The number of pyridine rings is 1. The van der Waals surface area contributed by atoms with E-state index in [4.69, 9.17) is 16.9 Å². The van der Waals surface area contributed by atoms with Crippen molar-refractivity contribution >= 4 is 23.6 Å². The van der Waals surface area contributed by atoms with Gasteiger partial charge < -0.3 is 0 Å². The second-order valence-electron chi connectivity index (χ2n) is 3.44. The van der Waals surface area contributed by atoms with Crippen molar-refractivity contribution in [2.75, 3.05) is 5.43 Å². The van der Waals surface area contributed by atoms with Crippen molar-refractivity contribution in [1.82, 2.24) is 4.98 Å². The van der Waals surface area contributed by atoms with Crippen molar-refractivity contribution < 1.29 is 0 Å². The minimum absolute atomic E-state index is 0.510. The van der Waals surface area contributed by atoms with E-state index in [2.05, 4.69) is 15.5 Å². The molecule has 0 saturated carbocycles. The van der Waals surface area contributed by atoms with E-state index in [-0.39, 0.29) is 0 Å². The molecule has 0 aliphatic heterocycles. The first-order valence-corrected chi connectivity index (χ1v) is 5.57. The van der Waals surface area contributed by atoms with Crippen LogP contribution in [0.5, 0.6) is 0 Å². The van der Waals surface area contributed by atoms with Crippen LogP contribution in [0.3, 0.4) is 0 Å². The lowest BCUT2D eigenvalue weighted by Crippen LogP contribution is -1.93. The van der Waals surface area contributed by atoms with Crippen LogP contribution < -0.4 is 5.43 Å². The molecule has 0 bridgehead atoms. The van der Waals surface area contributed by atoms with Gasteiger partial charge in [-0.2, -0.15) is 10.4 Å². The summed E-state index contributed by atoms with van der Waals surface area (Å²) in [5.41, 5.74) is 4.09. The van der Waals surface area contributed by atoms with Crippen LogP contribution in [-0.4, -0.2) is 11.2 Å². The molecular formula is C13H9ClN4. The number of hydrogen-bond donors (Lipinski definition) is 1. The molecule has 0 aliphatic rings. The average Bonchev–Trinajstić information content (AvgIpc) is 2.42. The van der Waals surface area contributed by atoms with E-state index in [0.717, 1.165) is 5.56 Å². The standard InChI is InChI=1S/C13H9ClN4/c14-12-4-2-1-3-11(12)9-17-18-13-6-5-10(7-15)8-16-13/h1-6,8-9H,(H,16,18)/b17-9+. The quantitative estimate of drug-likeness (QED) is 0.678. The van der Waals surface area contributed by atoms with Crippen LogP contribution in [0.2, 0.25) is 5.02 Å². The number of benzene rings is 1. The summed E-state index contributed by atoms with van der Waals surface area (Å²) < 4.78 is 0. The van der Waals surface area contributed by atoms with Crippen molar-refractivity contribution in [3.63, 3.8) is 0 Å². The normalized spacial score (nSPS) is 10.2. The number of nitrogens with one attached hydrogen (secondary N) is 1. The van der Waals surface area contributed by atoms with Gasteiger partial charge in [-0.15, -0.1) is 0 Å². The number of nitriles is 1. The lowest BCUT2D eigenvalue weighted by atomic mass is 10.2. The molecule has 1 heterocycles. The monoisotopic (exact) mass is 256 g/mol. The SMILES string of the molecule is N#Cc1ccc(N/N=C/c2ccccc2Cl)nc1. The van der Waals surface area contributed by atoms with Gasteiger partial charge >= 0.3 is 0 Å². The molecule has 18 heavy (non-hydrogen) atoms. The predicted octanol–water partition coefficient (Wildman–Crippen LogP) is 3.05. The largest absolute Gasteiger partial charge is 0.261 e. The van der Waals surface area contributed by atoms with Crippen molar-refractivity contribution in [3.8, 4) is 6.07 Å². The first-order valence-electron chi connectivity index (χ1n) is 5.19. The van der Waals surface area contributed by atoms with E-state index in [1.54, 1.807) is 24.4 Å². The van der Waals surface area contributed by atoms with Gasteiger partial charge in [-0.05, 0) is 18.2 Å². The van der Waals surface area contributed by atoms with Gasteiger partial charge in [0.1, 0.15) is 11.9 Å². The van der Waals surface area contributed by atoms with Crippen LogP contribution in [0.4, 0.5) is 5.82 Å². The molecule has 0 fully saturated rings. The van der Waals surface area contributed by atoms with Gasteiger partial charge in [-0.3, -0.25) is 5.43 Å². The first kappa shape index (κ1) is 12.1. The van der Waals surface area contributed by atoms with Crippen LogP contribution in [0, 0.1) is 11.3 Å². The van der Waals surface area contributed by atoms with E-state index in [1.807, 2.05) is 24.3 Å². The second kappa shape index (κ2) is 5.80. The number of rotatable bonds is 3. The molecule has 0 spiro atoms. The topological polar surface area (TPSA) is 61.1 Å². The minimum Gasteiger partial charge on any atom is -0.261 e. The van der Waals surface area contributed by atoms with Crippen LogP contribution in [0.15, 0.2) is 47.7 Å². The number of hydrogen-bond acceptors (Lipinski definition) is 4. The Balaban J connectivity index is 2.03. The Morgan fingerprint density at radius 2 is 2.11 bits per heavy atom. The minimum atomic E-state index is 0.510. The van der Waals surface area contributed by atoms with Gasteiger partial charge in [0.25, 0.3) is 0 Å². The van der Waals surface area contributed by atoms with Gasteiger partial charge in [0.05, 0.1) is 11.8 Å². The maximum atomic E-state index is 8.63. The summed E-state index contributed by atoms with van der Waals surface area (Å²) in [6.07, 6.45) is 3.09. The zero-order chi connectivity index (χ0) is 12.8. The first-order chi connectivity index (χ1) is 8.79. The Labute approximate surface area is 110 Å². The summed E-state index contributed by atoms with van der Waals surface area (Å²) in [4.78, 5) is 4.02. The number of halogens is 1. The Kier molecular flexibility index (Phi) is 3.90. The highest BCUT2D eigenvalue weighted by molar-refractivity contribution is 6.33. The molecule has 0 unspecified atom stereocenters. The molecule has 1 N–H and O–H groups in total. The van der Waals surface area contributed by atoms with Gasteiger partial charge in [-0.1, -0.05) is 29.8 Å². The average molecular weight is 257 g/mol. The fourth-order valence-electron chi connectivity index (χ4n) is 1.27. The Morgan fingerprint density at radius 3 is 2.78 bits per heavy atom. The number of anilines is 1. The number of nitrogens with zero attached hydrogens (tertiary/aromatic N) is 3. The highest BCUT2D eigenvalue weighted by atomic mass is 35.5. The maximum absolute atomic E-state index is 8.63. The van der Waals surface area contributed by atoms with E-state index in [9.17, 15) is 0 Å². The fraction of sp³-hybridized carbons (Fsp3) is 0. The van der Waals surface area contributed by atoms with Gasteiger partial charge in [0, 0.05) is 16.8 Å². The van der Waals surface area contributed by atoms with Gasteiger partial charge in [-0.25, -0.2) is 4.98 Å². The molecule has 4 nitrogen and oxygen atoms in total. The third-order valence-corrected chi connectivity index (χ3v) is 2.52. The molecule has 88 valence electrons.